The Morgan fingerprint density at radius 2 is 2.00 bits per heavy atom. The van der Waals surface area contributed by atoms with Crippen LogP contribution >= 0.6 is 11.3 Å². The monoisotopic (exact) mass is 368 g/mol. The predicted octanol–water partition coefficient (Wildman–Crippen LogP) is 4.74. The van der Waals surface area contributed by atoms with Crippen LogP contribution in [0.3, 0.4) is 0 Å². The molecule has 2 aromatic carbocycles. The number of rotatable bonds is 6. The molecule has 0 fully saturated rings. The average Bonchev–Trinajstić information content (AvgIpc) is 3.02. The predicted molar refractivity (Wildman–Crippen MR) is 106 cm³/mol. The number of anilines is 1. The fourth-order valence-corrected chi connectivity index (χ4v) is 3.25. The molecule has 1 aromatic heterocycles. The van der Waals surface area contributed by atoms with Gasteiger partial charge in [0.15, 0.2) is 16.6 Å². The lowest BCUT2D eigenvalue weighted by atomic mass is 10.2. The Balaban J connectivity index is 1.69. The van der Waals surface area contributed by atoms with Gasteiger partial charge in [-0.2, -0.15) is 0 Å². The number of nitrogens with one attached hydrogen (secondary N) is 1. The van der Waals surface area contributed by atoms with E-state index in [0.29, 0.717) is 16.6 Å². The second-order valence-corrected chi connectivity index (χ2v) is 6.92. The topological polar surface area (TPSA) is 60.5 Å². The number of amides is 1. The van der Waals surface area contributed by atoms with E-state index in [0.717, 1.165) is 15.8 Å². The molecule has 0 saturated heterocycles. The van der Waals surface area contributed by atoms with Crippen LogP contribution < -0.4 is 14.8 Å². The van der Waals surface area contributed by atoms with Gasteiger partial charge in [0, 0.05) is 6.08 Å². The molecule has 1 N–H and O–H groups in total. The van der Waals surface area contributed by atoms with Crippen molar-refractivity contribution < 1.29 is 14.3 Å². The van der Waals surface area contributed by atoms with E-state index in [2.05, 4.69) is 10.3 Å². The lowest BCUT2D eigenvalue weighted by Crippen LogP contribution is -2.07. The summed E-state index contributed by atoms with van der Waals surface area (Å²) in [6, 6.07) is 13.3. The van der Waals surface area contributed by atoms with Gasteiger partial charge in [0.25, 0.3) is 0 Å². The Kier molecular flexibility index (Phi) is 5.53. The third kappa shape index (κ3) is 4.40. The van der Waals surface area contributed by atoms with Gasteiger partial charge in [-0.05, 0) is 49.8 Å². The number of carbonyl (C=O) groups excluding carboxylic acids is 1. The van der Waals surface area contributed by atoms with Gasteiger partial charge >= 0.3 is 0 Å². The quantitative estimate of drug-likeness (QED) is 0.638. The van der Waals surface area contributed by atoms with Gasteiger partial charge in [0.1, 0.15) is 0 Å². The van der Waals surface area contributed by atoms with Crippen molar-refractivity contribution in [3.63, 3.8) is 0 Å². The first-order chi connectivity index (χ1) is 12.5. The molecular weight excluding hydrogens is 348 g/mol. The first kappa shape index (κ1) is 17.9. The van der Waals surface area contributed by atoms with E-state index in [-0.39, 0.29) is 12.0 Å². The molecule has 0 radical (unpaired) electrons. The van der Waals surface area contributed by atoms with Crippen LogP contribution in [-0.4, -0.2) is 24.1 Å². The minimum absolute atomic E-state index is 0.0601. The molecule has 0 spiro atoms. The number of fused-ring (bicyclic) bond motifs is 1. The second-order valence-electron chi connectivity index (χ2n) is 5.89. The highest BCUT2D eigenvalue weighted by Gasteiger charge is 2.08. The van der Waals surface area contributed by atoms with Crippen molar-refractivity contribution in [2.45, 2.75) is 20.0 Å². The van der Waals surface area contributed by atoms with Crippen molar-refractivity contribution >= 4 is 38.7 Å². The molecule has 0 aliphatic carbocycles. The highest BCUT2D eigenvalue weighted by Crippen LogP contribution is 2.29. The van der Waals surface area contributed by atoms with Crippen molar-refractivity contribution in [2.24, 2.45) is 0 Å². The van der Waals surface area contributed by atoms with Gasteiger partial charge < -0.3 is 9.47 Å². The van der Waals surface area contributed by atoms with E-state index < -0.39 is 0 Å². The maximum atomic E-state index is 12.1. The molecule has 0 bridgehead atoms. The first-order valence-corrected chi connectivity index (χ1v) is 9.06. The van der Waals surface area contributed by atoms with Crippen LogP contribution in [0, 0.1) is 0 Å². The molecule has 6 heteroatoms. The average molecular weight is 368 g/mol. The molecule has 3 rings (SSSR count). The molecule has 5 nitrogen and oxygen atoms in total. The number of ether oxygens (including phenoxy) is 2. The van der Waals surface area contributed by atoms with Gasteiger partial charge in [-0.3, -0.25) is 10.1 Å². The van der Waals surface area contributed by atoms with Gasteiger partial charge in [-0.15, -0.1) is 0 Å². The molecule has 0 unspecified atom stereocenters. The van der Waals surface area contributed by atoms with E-state index in [9.17, 15) is 4.79 Å². The lowest BCUT2D eigenvalue weighted by Gasteiger charge is -2.13. The minimum Gasteiger partial charge on any atom is -0.493 e. The number of hydrogen-bond donors (Lipinski definition) is 1. The molecular formula is C20H20N2O3S. The number of nitrogens with zero attached hydrogens (tertiary/aromatic N) is 1. The number of thiazole rings is 1. The summed E-state index contributed by atoms with van der Waals surface area (Å²) < 4.78 is 12.1. The van der Waals surface area contributed by atoms with Crippen molar-refractivity contribution in [3.05, 3.63) is 54.1 Å². The summed E-state index contributed by atoms with van der Waals surface area (Å²) in [5.41, 5.74) is 1.72. The second kappa shape index (κ2) is 8.01. The maximum absolute atomic E-state index is 12.1. The van der Waals surface area contributed by atoms with Crippen molar-refractivity contribution in [3.8, 4) is 11.5 Å². The fourth-order valence-electron chi connectivity index (χ4n) is 2.38. The fraction of sp³-hybridized carbons (Fsp3) is 0.200. The number of para-hydroxylation sites is 1. The minimum atomic E-state index is -0.231. The highest BCUT2D eigenvalue weighted by atomic mass is 32.1. The van der Waals surface area contributed by atoms with Crippen molar-refractivity contribution in [1.29, 1.82) is 0 Å². The van der Waals surface area contributed by atoms with Crippen LogP contribution in [0.2, 0.25) is 0 Å². The van der Waals surface area contributed by atoms with Crippen LogP contribution in [0.25, 0.3) is 16.3 Å². The third-order valence-corrected chi connectivity index (χ3v) is 4.45. The zero-order valence-corrected chi connectivity index (χ0v) is 15.7. The summed E-state index contributed by atoms with van der Waals surface area (Å²) in [5.74, 6) is 1.08. The van der Waals surface area contributed by atoms with Gasteiger partial charge in [0.2, 0.25) is 5.91 Å². The normalized spacial score (nSPS) is 11.2. The van der Waals surface area contributed by atoms with Gasteiger partial charge in [-0.25, -0.2) is 4.98 Å². The number of benzene rings is 2. The maximum Gasteiger partial charge on any atom is 0.250 e. The lowest BCUT2D eigenvalue weighted by molar-refractivity contribution is -0.111. The Morgan fingerprint density at radius 3 is 2.73 bits per heavy atom. The molecule has 1 heterocycles. The Bertz CT molecular complexity index is 914. The standard InChI is InChI=1S/C20H20N2O3S/c1-13(2)25-16-10-8-14(12-17(16)24-3)9-11-19(23)22-20-21-15-6-4-5-7-18(15)26-20/h4-13H,1-3H3,(H,21,22,23)/b11-9+. The molecule has 134 valence electrons. The Hall–Kier alpha value is -2.86. The molecule has 0 aliphatic heterocycles. The molecule has 3 aromatic rings. The third-order valence-electron chi connectivity index (χ3n) is 3.50. The van der Waals surface area contributed by atoms with Gasteiger partial charge in [-0.1, -0.05) is 29.5 Å². The van der Waals surface area contributed by atoms with Crippen molar-refractivity contribution in [1.82, 2.24) is 4.98 Å². The van der Waals surface area contributed by atoms with Crippen LogP contribution in [-0.2, 0) is 4.79 Å². The summed E-state index contributed by atoms with van der Waals surface area (Å²) in [5, 5.41) is 3.38. The van der Waals surface area contributed by atoms with Gasteiger partial charge in [0.05, 0.1) is 23.4 Å². The highest BCUT2D eigenvalue weighted by molar-refractivity contribution is 7.22. The summed E-state index contributed by atoms with van der Waals surface area (Å²) in [6.45, 7) is 3.92. The zero-order chi connectivity index (χ0) is 18.5. The summed E-state index contributed by atoms with van der Waals surface area (Å²) in [6.07, 6.45) is 3.26. The number of hydrogen-bond acceptors (Lipinski definition) is 5. The molecule has 26 heavy (non-hydrogen) atoms. The molecule has 0 saturated carbocycles. The summed E-state index contributed by atoms with van der Waals surface area (Å²) in [7, 11) is 1.59. The molecule has 1 amide bonds. The summed E-state index contributed by atoms with van der Waals surface area (Å²) >= 11 is 1.45. The van der Waals surface area contributed by atoms with E-state index in [1.165, 1.54) is 17.4 Å². The van der Waals surface area contributed by atoms with Crippen LogP contribution in [0.15, 0.2) is 48.5 Å². The Labute approximate surface area is 156 Å². The van der Waals surface area contributed by atoms with Crippen molar-refractivity contribution in [2.75, 3.05) is 12.4 Å². The largest absolute Gasteiger partial charge is 0.493 e. The van der Waals surface area contributed by atoms with E-state index in [1.807, 2.05) is 56.3 Å². The van der Waals surface area contributed by atoms with Crippen LogP contribution in [0.1, 0.15) is 19.4 Å². The number of carbonyl (C=O) groups is 1. The van der Waals surface area contributed by atoms with Crippen LogP contribution in [0.4, 0.5) is 5.13 Å². The Morgan fingerprint density at radius 1 is 1.19 bits per heavy atom. The summed E-state index contributed by atoms with van der Waals surface area (Å²) in [4.78, 5) is 16.5. The number of methoxy groups -OCH3 is 1. The van der Waals surface area contributed by atoms with E-state index in [1.54, 1.807) is 13.2 Å². The van der Waals surface area contributed by atoms with Crippen LogP contribution in [0.5, 0.6) is 11.5 Å². The number of aromatic nitrogens is 1. The van der Waals surface area contributed by atoms with E-state index in [4.69, 9.17) is 9.47 Å². The zero-order valence-electron chi connectivity index (χ0n) is 14.9. The molecule has 0 atom stereocenters. The SMILES string of the molecule is COc1cc(/C=C/C(=O)Nc2nc3ccccc3s2)ccc1OC(C)C. The smallest absolute Gasteiger partial charge is 0.250 e. The first-order valence-electron chi connectivity index (χ1n) is 8.24. The van der Waals surface area contributed by atoms with E-state index >= 15 is 0 Å². The molecule has 0 aliphatic rings.